The predicted molar refractivity (Wildman–Crippen MR) is 142 cm³/mol. The largest absolute Gasteiger partial charge is 0.396 e. The highest BCUT2D eigenvalue weighted by atomic mass is 16.3. The van der Waals surface area contributed by atoms with Gasteiger partial charge in [0.25, 0.3) is 0 Å². The van der Waals surface area contributed by atoms with E-state index in [-0.39, 0.29) is 13.2 Å². The van der Waals surface area contributed by atoms with E-state index in [1.165, 1.54) is 36.8 Å². The molecule has 1 aromatic carbocycles. The molecule has 0 aliphatic heterocycles. The van der Waals surface area contributed by atoms with Crippen LogP contribution in [0, 0.1) is 19.8 Å². The zero-order valence-electron chi connectivity index (χ0n) is 21.9. The molecule has 0 radical (unpaired) electrons. The maximum Gasteiger partial charge on any atom is 0.165 e. The second kappa shape index (κ2) is 13.5. The smallest absolute Gasteiger partial charge is 0.165 e. The Bertz CT molecular complexity index is 1020. The van der Waals surface area contributed by atoms with Crippen LogP contribution >= 0.6 is 0 Å². The number of nitrogens with zero attached hydrogens (tertiary/aromatic N) is 4. The van der Waals surface area contributed by atoms with E-state index in [2.05, 4.69) is 38.7 Å². The van der Waals surface area contributed by atoms with Crippen LogP contribution in [0.15, 0.2) is 30.9 Å². The SMILES string of the molecule is CCC[C@H](CO)CC[C@@H](C)n1cnc2c(NC3CCCC3)ncnc21.Cc1cccc(C)c1CO. The Morgan fingerprint density at radius 2 is 1.74 bits per heavy atom. The third kappa shape index (κ3) is 7.24. The van der Waals surface area contributed by atoms with E-state index >= 15 is 0 Å². The number of benzene rings is 1. The van der Waals surface area contributed by atoms with Gasteiger partial charge >= 0.3 is 0 Å². The topological polar surface area (TPSA) is 96.1 Å². The molecule has 0 bridgehead atoms. The van der Waals surface area contributed by atoms with E-state index in [0.29, 0.717) is 18.0 Å². The first-order chi connectivity index (χ1) is 17.0. The molecule has 2 aromatic heterocycles. The van der Waals surface area contributed by atoms with Gasteiger partial charge in [-0.15, -0.1) is 0 Å². The summed E-state index contributed by atoms with van der Waals surface area (Å²) in [6, 6.07) is 6.85. The number of rotatable bonds is 10. The zero-order valence-corrected chi connectivity index (χ0v) is 21.9. The molecule has 7 nitrogen and oxygen atoms in total. The van der Waals surface area contributed by atoms with Crippen LogP contribution in [0.2, 0.25) is 0 Å². The van der Waals surface area contributed by atoms with Gasteiger partial charge in [0.1, 0.15) is 11.8 Å². The minimum atomic E-state index is 0.151. The van der Waals surface area contributed by atoms with Crippen molar-refractivity contribution >= 4 is 17.0 Å². The molecular weight excluding hydrogens is 438 g/mol. The van der Waals surface area contributed by atoms with Crippen LogP contribution in [0.5, 0.6) is 0 Å². The first-order valence-electron chi connectivity index (χ1n) is 13.2. The zero-order chi connectivity index (χ0) is 25.2. The lowest BCUT2D eigenvalue weighted by atomic mass is 9.97. The summed E-state index contributed by atoms with van der Waals surface area (Å²) in [6.07, 6.45) is 12.8. The van der Waals surface area contributed by atoms with Crippen molar-refractivity contribution in [3.63, 3.8) is 0 Å². The van der Waals surface area contributed by atoms with Crippen molar-refractivity contribution in [1.82, 2.24) is 19.5 Å². The Hall–Kier alpha value is -2.51. The number of imidazole rings is 1. The molecule has 0 unspecified atom stereocenters. The molecule has 1 aliphatic rings. The highest BCUT2D eigenvalue weighted by Crippen LogP contribution is 2.27. The summed E-state index contributed by atoms with van der Waals surface area (Å²) in [4.78, 5) is 13.5. The molecule has 3 aromatic rings. The second-order valence-electron chi connectivity index (χ2n) is 9.96. The van der Waals surface area contributed by atoms with Gasteiger partial charge in [0.05, 0.1) is 12.9 Å². The standard InChI is InChI=1S/C19H31N5O.C9H12O/c1-3-6-15(11-25)10-9-14(2)24-13-22-17-18(20-12-21-19(17)24)23-16-7-4-5-8-16;1-7-4-3-5-8(2)9(7)6-10/h12-16,25H,3-11H2,1-2H3,(H,20,21,23);3-5,10H,6H2,1-2H3/t14-,15+;/m1./s1. The molecule has 1 fully saturated rings. The van der Waals surface area contributed by atoms with Crippen molar-refractivity contribution in [1.29, 1.82) is 0 Å². The maximum atomic E-state index is 9.50. The van der Waals surface area contributed by atoms with Crippen LogP contribution in [0.4, 0.5) is 5.82 Å². The number of hydrogen-bond acceptors (Lipinski definition) is 6. The number of hydrogen-bond donors (Lipinski definition) is 3. The molecule has 0 saturated heterocycles. The van der Waals surface area contributed by atoms with E-state index in [9.17, 15) is 5.11 Å². The van der Waals surface area contributed by atoms with Crippen molar-refractivity contribution in [2.24, 2.45) is 5.92 Å². The fourth-order valence-corrected chi connectivity index (χ4v) is 4.99. The Labute approximate surface area is 210 Å². The summed E-state index contributed by atoms with van der Waals surface area (Å²) in [6.45, 7) is 8.83. The predicted octanol–water partition coefficient (Wildman–Crippen LogP) is 5.73. The average Bonchev–Trinajstić information content (AvgIpc) is 3.53. The molecule has 0 amide bonds. The van der Waals surface area contributed by atoms with E-state index in [4.69, 9.17) is 5.11 Å². The van der Waals surface area contributed by atoms with Gasteiger partial charge in [-0.2, -0.15) is 0 Å². The molecular formula is C28H43N5O2. The Morgan fingerprint density at radius 1 is 1.03 bits per heavy atom. The van der Waals surface area contributed by atoms with E-state index < -0.39 is 0 Å². The van der Waals surface area contributed by atoms with Crippen molar-refractivity contribution in [3.8, 4) is 0 Å². The van der Waals surface area contributed by atoms with Crippen molar-refractivity contribution < 1.29 is 10.2 Å². The monoisotopic (exact) mass is 481 g/mol. The van der Waals surface area contributed by atoms with Gasteiger partial charge in [-0.3, -0.25) is 0 Å². The van der Waals surface area contributed by atoms with Crippen molar-refractivity contribution in [2.75, 3.05) is 11.9 Å². The minimum absolute atomic E-state index is 0.151. The molecule has 192 valence electrons. The van der Waals surface area contributed by atoms with Crippen LogP contribution in [-0.2, 0) is 6.61 Å². The van der Waals surface area contributed by atoms with Gasteiger partial charge in [-0.25, -0.2) is 15.0 Å². The van der Waals surface area contributed by atoms with E-state index in [0.717, 1.165) is 48.2 Å². The van der Waals surface area contributed by atoms with Gasteiger partial charge in [0.2, 0.25) is 0 Å². The van der Waals surface area contributed by atoms with Crippen molar-refractivity contribution in [3.05, 3.63) is 47.5 Å². The molecule has 2 heterocycles. The average molecular weight is 482 g/mol. The first kappa shape index (κ1) is 27.1. The lowest BCUT2D eigenvalue weighted by molar-refractivity contribution is 0.202. The summed E-state index contributed by atoms with van der Waals surface area (Å²) in [5.41, 5.74) is 5.17. The molecule has 7 heteroatoms. The summed E-state index contributed by atoms with van der Waals surface area (Å²) in [5, 5.41) is 21.9. The lowest BCUT2D eigenvalue weighted by Crippen LogP contribution is -2.16. The number of aromatic nitrogens is 4. The van der Waals surface area contributed by atoms with Crippen LogP contribution in [-0.4, -0.2) is 42.4 Å². The van der Waals surface area contributed by atoms with Crippen molar-refractivity contribution in [2.45, 2.75) is 97.8 Å². The normalized spacial score (nSPS) is 15.6. The number of fused-ring (bicyclic) bond motifs is 1. The van der Waals surface area contributed by atoms with E-state index in [1.807, 2.05) is 38.4 Å². The lowest BCUT2D eigenvalue weighted by Gasteiger charge is -2.18. The summed E-state index contributed by atoms with van der Waals surface area (Å²) in [7, 11) is 0. The van der Waals surface area contributed by atoms with Gasteiger partial charge in [0.15, 0.2) is 11.5 Å². The Kier molecular flexibility index (Phi) is 10.5. The Morgan fingerprint density at radius 3 is 2.34 bits per heavy atom. The fourth-order valence-electron chi connectivity index (χ4n) is 4.99. The molecule has 3 N–H and O–H groups in total. The molecule has 1 aliphatic carbocycles. The first-order valence-corrected chi connectivity index (χ1v) is 13.2. The van der Waals surface area contributed by atoms with Gasteiger partial charge in [-0.1, -0.05) is 44.4 Å². The number of anilines is 1. The summed E-state index contributed by atoms with van der Waals surface area (Å²) in [5.74, 6) is 1.26. The second-order valence-corrected chi connectivity index (χ2v) is 9.96. The number of nitrogens with one attached hydrogen (secondary N) is 1. The van der Waals surface area contributed by atoms with Crippen LogP contribution in [0.3, 0.4) is 0 Å². The van der Waals surface area contributed by atoms with Gasteiger partial charge in [0, 0.05) is 18.7 Å². The third-order valence-electron chi connectivity index (χ3n) is 7.28. The number of aliphatic hydroxyl groups excluding tert-OH is 2. The Balaban J connectivity index is 0.000000287. The summed E-state index contributed by atoms with van der Waals surface area (Å²) >= 11 is 0. The van der Waals surface area contributed by atoms with Crippen LogP contribution in [0.25, 0.3) is 11.2 Å². The quantitative estimate of drug-likeness (QED) is 0.342. The minimum Gasteiger partial charge on any atom is -0.396 e. The molecule has 35 heavy (non-hydrogen) atoms. The number of aryl methyl sites for hydroxylation is 2. The highest BCUT2D eigenvalue weighted by Gasteiger charge is 2.19. The van der Waals surface area contributed by atoms with Crippen LogP contribution in [0.1, 0.15) is 87.9 Å². The molecule has 2 atom stereocenters. The maximum absolute atomic E-state index is 9.50. The van der Waals surface area contributed by atoms with Crippen LogP contribution < -0.4 is 5.32 Å². The molecule has 4 rings (SSSR count). The van der Waals surface area contributed by atoms with Gasteiger partial charge < -0.3 is 20.1 Å². The molecule has 1 saturated carbocycles. The molecule has 0 spiro atoms. The summed E-state index contributed by atoms with van der Waals surface area (Å²) < 4.78 is 2.15. The third-order valence-corrected chi connectivity index (χ3v) is 7.28. The van der Waals surface area contributed by atoms with Gasteiger partial charge in [-0.05, 0) is 75.5 Å². The fraction of sp³-hybridized carbons (Fsp3) is 0.607. The number of aliphatic hydroxyl groups is 2. The highest BCUT2D eigenvalue weighted by molar-refractivity contribution is 5.82. The van der Waals surface area contributed by atoms with E-state index in [1.54, 1.807) is 6.33 Å².